The maximum Gasteiger partial charge on any atom is 0.418 e. The number of carbonyl (C=O) groups is 1. The molecule has 0 aliphatic heterocycles. The molecule has 3 rings (SSSR count). The van der Waals surface area contributed by atoms with Crippen LogP contribution in [0.5, 0.6) is 0 Å². The van der Waals surface area contributed by atoms with E-state index in [4.69, 9.17) is 4.74 Å². The van der Waals surface area contributed by atoms with E-state index in [2.05, 4.69) is 0 Å². The van der Waals surface area contributed by atoms with Crippen molar-refractivity contribution in [3.63, 3.8) is 0 Å². The second-order valence-electron chi connectivity index (χ2n) is 6.80. The van der Waals surface area contributed by atoms with Gasteiger partial charge in [0.05, 0.1) is 12.1 Å². The van der Waals surface area contributed by atoms with Gasteiger partial charge in [-0.25, -0.2) is 4.79 Å². The highest BCUT2D eigenvalue weighted by atomic mass is 16.6. The molecule has 0 bridgehead atoms. The molecule has 0 saturated heterocycles. The molecule has 1 aromatic heterocycles. The molecule has 4 heteroatoms. The highest BCUT2D eigenvalue weighted by Crippen LogP contribution is 2.26. The fourth-order valence-electron chi connectivity index (χ4n) is 2.64. The van der Waals surface area contributed by atoms with Crippen molar-refractivity contribution in [2.24, 2.45) is 0 Å². The van der Waals surface area contributed by atoms with Crippen LogP contribution in [0.25, 0.3) is 22.0 Å². The lowest BCUT2D eigenvalue weighted by molar-refractivity contribution is 0.0544. The summed E-state index contributed by atoms with van der Waals surface area (Å²) >= 11 is 0. The van der Waals surface area contributed by atoms with E-state index in [9.17, 15) is 9.90 Å². The number of nitrogens with zero attached hydrogens (tertiary/aromatic N) is 1. The summed E-state index contributed by atoms with van der Waals surface area (Å²) in [7, 11) is 0. The van der Waals surface area contributed by atoms with Crippen LogP contribution in [0.15, 0.2) is 54.7 Å². The number of hydrogen-bond acceptors (Lipinski definition) is 3. The van der Waals surface area contributed by atoms with Crippen LogP contribution in [0.4, 0.5) is 4.79 Å². The van der Waals surface area contributed by atoms with Crippen molar-refractivity contribution >= 4 is 17.0 Å². The Morgan fingerprint density at radius 3 is 2.54 bits per heavy atom. The highest BCUT2D eigenvalue weighted by Gasteiger charge is 2.19. The molecule has 0 amide bonds. The number of ether oxygens (including phenoxy) is 1. The molecule has 0 aliphatic carbocycles. The smallest absolute Gasteiger partial charge is 0.418 e. The fourth-order valence-corrected chi connectivity index (χ4v) is 2.64. The molecule has 4 nitrogen and oxygen atoms in total. The standard InChI is InChI=1S/C20H21NO3/c1-20(2,3)24-19(23)21-10-9-17-12-16(7-8-18(17)21)15-6-4-5-14(11-15)13-22/h4-12,22H,13H2,1-3H3. The van der Waals surface area contributed by atoms with Gasteiger partial charge in [-0.1, -0.05) is 24.3 Å². The highest BCUT2D eigenvalue weighted by molar-refractivity contribution is 5.92. The molecule has 2 aromatic carbocycles. The third-order valence-corrected chi connectivity index (χ3v) is 3.72. The maximum absolute atomic E-state index is 12.3. The van der Waals surface area contributed by atoms with E-state index in [0.717, 1.165) is 27.6 Å². The van der Waals surface area contributed by atoms with E-state index in [1.807, 2.05) is 69.3 Å². The summed E-state index contributed by atoms with van der Waals surface area (Å²) in [5.41, 5.74) is 3.23. The zero-order valence-electron chi connectivity index (χ0n) is 14.1. The third kappa shape index (κ3) is 3.34. The second kappa shape index (κ2) is 6.13. The van der Waals surface area contributed by atoms with Crippen LogP contribution in [0, 0.1) is 0 Å². The molecule has 0 atom stereocenters. The molecule has 3 aromatic rings. The number of aliphatic hydroxyl groups is 1. The number of carbonyl (C=O) groups excluding carboxylic acids is 1. The lowest BCUT2D eigenvalue weighted by Crippen LogP contribution is -2.26. The molecule has 0 radical (unpaired) electrons. The van der Waals surface area contributed by atoms with Gasteiger partial charge >= 0.3 is 6.09 Å². The number of fused-ring (bicyclic) bond motifs is 1. The molecule has 0 saturated carbocycles. The van der Waals surface area contributed by atoms with E-state index in [1.165, 1.54) is 4.57 Å². The minimum atomic E-state index is -0.529. The van der Waals surface area contributed by atoms with Gasteiger partial charge in [-0.2, -0.15) is 0 Å². The summed E-state index contributed by atoms with van der Waals surface area (Å²) in [4.78, 5) is 12.3. The summed E-state index contributed by atoms with van der Waals surface area (Å²) in [6, 6.07) is 15.6. The van der Waals surface area contributed by atoms with Crippen LogP contribution >= 0.6 is 0 Å². The van der Waals surface area contributed by atoms with Crippen LogP contribution < -0.4 is 0 Å². The van der Waals surface area contributed by atoms with Gasteiger partial charge in [0, 0.05) is 11.6 Å². The molecule has 124 valence electrons. The van der Waals surface area contributed by atoms with Crippen molar-refractivity contribution in [1.82, 2.24) is 4.57 Å². The number of benzene rings is 2. The Kier molecular flexibility index (Phi) is 4.16. The summed E-state index contributed by atoms with van der Waals surface area (Å²) in [6.07, 6.45) is 1.35. The van der Waals surface area contributed by atoms with Gasteiger partial charge in [0.1, 0.15) is 5.60 Å². The Balaban J connectivity index is 1.97. The number of aliphatic hydroxyl groups excluding tert-OH is 1. The first kappa shape index (κ1) is 16.3. The van der Waals surface area contributed by atoms with Crippen LogP contribution in [-0.2, 0) is 11.3 Å². The summed E-state index contributed by atoms with van der Waals surface area (Å²) < 4.78 is 6.95. The normalized spacial score (nSPS) is 11.7. The zero-order valence-corrected chi connectivity index (χ0v) is 14.1. The summed E-state index contributed by atoms with van der Waals surface area (Å²) in [5, 5.41) is 10.2. The predicted molar refractivity (Wildman–Crippen MR) is 94.9 cm³/mol. The molecule has 0 fully saturated rings. The van der Waals surface area contributed by atoms with Crippen molar-refractivity contribution in [3.8, 4) is 11.1 Å². The van der Waals surface area contributed by atoms with E-state index in [-0.39, 0.29) is 12.7 Å². The summed E-state index contributed by atoms with van der Waals surface area (Å²) in [5.74, 6) is 0. The first-order valence-electron chi connectivity index (χ1n) is 7.92. The molecule has 0 spiro atoms. The first-order chi connectivity index (χ1) is 11.4. The lowest BCUT2D eigenvalue weighted by atomic mass is 10.0. The summed E-state index contributed by atoms with van der Waals surface area (Å²) in [6.45, 7) is 5.57. The van der Waals surface area contributed by atoms with Gasteiger partial charge in [-0.15, -0.1) is 0 Å². The van der Waals surface area contributed by atoms with Crippen molar-refractivity contribution < 1.29 is 14.6 Å². The molecule has 0 unspecified atom stereocenters. The zero-order chi connectivity index (χ0) is 17.3. The van der Waals surface area contributed by atoms with Crippen molar-refractivity contribution in [2.75, 3.05) is 0 Å². The van der Waals surface area contributed by atoms with Gasteiger partial charge in [0.15, 0.2) is 0 Å². The fraction of sp³-hybridized carbons (Fsp3) is 0.250. The van der Waals surface area contributed by atoms with Gasteiger partial charge in [-0.05, 0) is 61.7 Å². The van der Waals surface area contributed by atoms with Gasteiger partial charge in [-0.3, -0.25) is 4.57 Å². The molecule has 1 heterocycles. The van der Waals surface area contributed by atoms with E-state index in [0.29, 0.717) is 0 Å². The minimum absolute atomic E-state index is 0.0190. The Bertz CT molecular complexity index is 887. The molecule has 1 N–H and O–H groups in total. The van der Waals surface area contributed by atoms with Crippen LogP contribution in [-0.4, -0.2) is 21.4 Å². The van der Waals surface area contributed by atoms with E-state index < -0.39 is 5.60 Å². The Morgan fingerprint density at radius 1 is 1.08 bits per heavy atom. The van der Waals surface area contributed by atoms with Gasteiger partial charge < -0.3 is 9.84 Å². The first-order valence-corrected chi connectivity index (χ1v) is 7.92. The quantitative estimate of drug-likeness (QED) is 0.751. The van der Waals surface area contributed by atoms with Crippen LogP contribution in [0.3, 0.4) is 0 Å². The largest absolute Gasteiger partial charge is 0.443 e. The Hall–Kier alpha value is -2.59. The number of rotatable bonds is 2. The minimum Gasteiger partial charge on any atom is -0.443 e. The molecular formula is C20H21NO3. The average molecular weight is 323 g/mol. The van der Waals surface area contributed by atoms with Crippen LogP contribution in [0.1, 0.15) is 26.3 Å². The SMILES string of the molecule is CC(C)(C)OC(=O)n1ccc2cc(-c3cccc(CO)c3)ccc21. The second-order valence-corrected chi connectivity index (χ2v) is 6.80. The van der Waals surface area contributed by atoms with Crippen LogP contribution in [0.2, 0.25) is 0 Å². The predicted octanol–water partition coefficient (Wildman–Crippen LogP) is 4.58. The lowest BCUT2D eigenvalue weighted by Gasteiger charge is -2.19. The van der Waals surface area contributed by atoms with Gasteiger partial charge in [0.2, 0.25) is 0 Å². The number of aromatic nitrogens is 1. The monoisotopic (exact) mass is 323 g/mol. The molecule has 0 aliphatic rings. The average Bonchev–Trinajstić information content (AvgIpc) is 2.96. The van der Waals surface area contributed by atoms with Gasteiger partial charge in [0.25, 0.3) is 0 Å². The molecular weight excluding hydrogens is 302 g/mol. The number of hydrogen-bond donors (Lipinski definition) is 1. The van der Waals surface area contributed by atoms with Crippen molar-refractivity contribution in [3.05, 3.63) is 60.3 Å². The maximum atomic E-state index is 12.3. The van der Waals surface area contributed by atoms with Crippen molar-refractivity contribution in [2.45, 2.75) is 33.0 Å². The topological polar surface area (TPSA) is 51.5 Å². The Labute approximate surface area is 141 Å². The van der Waals surface area contributed by atoms with E-state index >= 15 is 0 Å². The third-order valence-electron chi connectivity index (χ3n) is 3.72. The molecule has 24 heavy (non-hydrogen) atoms. The Morgan fingerprint density at radius 2 is 1.83 bits per heavy atom. The van der Waals surface area contributed by atoms with Crippen molar-refractivity contribution in [1.29, 1.82) is 0 Å². The van der Waals surface area contributed by atoms with E-state index in [1.54, 1.807) is 6.20 Å².